The predicted octanol–water partition coefficient (Wildman–Crippen LogP) is 7.54. The number of unbranched alkanes of at least 4 members (excludes halogenated alkanes) is 9. The van der Waals surface area contributed by atoms with Crippen LogP contribution in [0.5, 0.6) is 0 Å². The second-order valence-electron chi connectivity index (χ2n) is 9.79. The molecule has 0 saturated carbocycles. The van der Waals surface area contributed by atoms with Gasteiger partial charge in [-0.2, -0.15) is 12.8 Å². The molecule has 0 fully saturated rings. The molecule has 0 aliphatic carbocycles. The lowest BCUT2D eigenvalue weighted by Gasteiger charge is -2.27. The molecule has 0 radical (unpaired) electrons. The van der Waals surface area contributed by atoms with Crippen LogP contribution < -0.4 is 5.32 Å². The second kappa shape index (κ2) is 16.6. The maximum Gasteiger partial charge on any atom is 0.291 e. The maximum atomic E-state index is 12.8. The molecule has 1 aromatic heterocycles. The molecule has 1 N–H and O–H groups in total. The van der Waals surface area contributed by atoms with Crippen molar-refractivity contribution in [1.29, 1.82) is 0 Å². The van der Waals surface area contributed by atoms with Crippen LogP contribution in [0.25, 0.3) is 0 Å². The van der Waals surface area contributed by atoms with Crippen LogP contribution in [-0.2, 0) is 19.9 Å². The number of nitrogens with one attached hydrogen (secondary N) is 1. The number of allylic oxidation sites excluding steroid dienone is 4. The van der Waals surface area contributed by atoms with Crippen LogP contribution in [0.2, 0.25) is 0 Å². The molecular formula is C28H46N2O4S3. The fourth-order valence-corrected chi connectivity index (χ4v) is 9.31. The molecule has 0 saturated heterocycles. The third-order valence-corrected chi connectivity index (χ3v) is 12.3. The van der Waals surface area contributed by atoms with Crippen LogP contribution in [0.1, 0.15) is 116 Å². The van der Waals surface area contributed by atoms with Crippen LogP contribution in [-0.4, -0.2) is 34.8 Å². The molecule has 210 valence electrons. The third-order valence-electron chi connectivity index (χ3n) is 6.64. The first-order valence-electron chi connectivity index (χ1n) is 13.9. The highest BCUT2D eigenvalue weighted by atomic mass is 32.3. The monoisotopic (exact) mass is 570 g/mol. The van der Waals surface area contributed by atoms with E-state index in [1.165, 1.54) is 50.8 Å². The van der Waals surface area contributed by atoms with Gasteiger partial charge in [0, 0.05) is 17.8 Å². The summed E-state index contributed by atoms with van der Waals surface area (Å²) in [6, 6.07) is 1.34. The van der Waals surface area contributed by atoms with Gasteiger partial charge in [0.05, 0.1) is 5.25 Å². The van der Waals surface area contributed by atoms with Gasteiger partial charge in [0.15, 0.2) is 9.84 Å². The van der Waals surface area contributed by atoms with E-state index in [4.69, 9.17) is 0 Å². The van der Waals surface area contributed by atoms with E-state index in [1.807, 2.05) is 6.92 Å². The van der Waals surface area contributed by atoms with Crippen molar-refractivity contribution < 1.29 is 16.8 Å². The Morgan fingerprint density at radius 1 is 0.973 bits per heavy atom. The molecule has 0 amide bonds. The van der Waals surface area contributed by atoms with Gasteiger partial charge in [0.25, 0.3) is 10.0 Å². The average Bonchev–Trinajstić information content (AvgIpc) is 3.33. The van der Waals surface area contributed by atoms with Gasteiger partial charge in [-0.25, -0.2) is 8.42 Å². The van der Waals surface area contributed by atoms with Crippen LogP contribution in [0.15, 0.2) is 43.2 Å². The summed E-state index contributed by atoms with van der Waals surface area (Å²) in [5.74, 6) is 0. The average molecular weight is 571 g/mol. The van der Waals surface area contributed by atoms with Crippen LogP contribution in [0, 0.1) is 0 Å². The summed E-state index contributed by atoms with van der Waals surface area (Å²) < 4.78 is 55.0. The lowest BCUT2D eigenvalue weighted by Crippen LogP contribution is -2.33. The van der Waals surface area contributed by atoms with Gasteiger partial charge in [-0.1, -0.05) is 70.3 Å². The number of nitrogens with zero attached hydrogens (tertiary/aromatic N) is 1. The summed E-state index contributed by atoms with van der Waals surface area (Å²) in [5.41, 5.74) is 0.562. The van der Waals surface area contributed by atoms with Crippen molar-refractivity contribution in [2.75, 3.05) is 6.54 Å². The largest absolute Gasteiger partial charge is 0.310 e. The molecule has 0 aromatic carbocycles. The minimum Gasteiger partial charge on any atom is -0.310 e. The molecule has 37 heavy (non-hydrogen) atoms. The standard InChI is InChI=1S/C28H46N2O4S3/c1-4-6-7-8-9-10-11-12-13-14-15-16-17-18-19-20-21-30-37(33,34)27-23-25-26(29-5-2)22-24(3)36(31,32)28(25)35-27/h9-10,12-13,21,23-24,26,29H,4-8,11,14-20,22H2,1-3H3/b10-9-,13-12+,30-21?/t24-,26-/m0/s1. The molecule has 2 atom stereocenters. The van der Waals surface area contributed by atoms with Crippen molar-refractivity contribution in [3.63, 3.8) is 0 Å². The molecule has 1 aliphatic heterocycles. The second-order valence-corrected chi connectivity index (χ2v) is 15.3. The number of rotatable bonds is 18. The number of sulfonamides is 1. The minimum atomic E-state index is -3.90. The first-order valence-corrected chi connectivity index (χ1v) is 17.7. The molecule has 2 heterocycles. The Bertz CT molecular complexity index is 1100. The Morgan fingerprint density at radius 3 is 2.24 bits per heavy atom. The van der Waals surface area contributed by atoms with Gasteiger partial charge in [0.1, 0.15) is 8.42 Å². The molecule has 6 nitrogen and oxygen atoms in total. The first-order chi connectivity index (χ1) is 17.7. The Morgan fingerprint density at radius 2 is 1.59 bits per heavy atom. The number of hydrogen-bond acceptors (Lipinski definition) is 6. The quantitative estimate of drug-likeness (QED) is 0.112. The molecule has 1 aromatic rings. The van der Waals surface area contributed by atoms with E-state index < -0.39 is 25.1 Å². The molecule has 0 spiro atoms. The Labute approximate surface area is 229 Å². The van der Waals surface area contributed by atoms with Gasteiger partial charge < -0.3 is 5.32 Å². The number of fused-ring (bicyclic) bond motifs is 1. The zero-order valence-corrected chi connectivity index (χ0v) is 25.3. The smallest absolute Gasteiger partial charge is 0.291 e. The fourth-order valence-electron chi connectivity index (χ4n) is 4.42. The van der Waals surface area contributed by atoms with Gasteiger partial charge in [-0.15, -0.1) is 11.3 Å². The van der Waals surface area contributed by atoms with Crippen LogP contribution in [0.4, 0.5) is 0 Å². The molecule has 0 bridgehead atoms. The zero-order valence-electron chi connectivity index (χ0n) is 22.8. The summed E-state index contributed by atoms with van der Waals surface area (Å²) in [6.45, 7) is 6.54. The fraction of sp³-hybridized carbons (Fsp3) is 0.679. The van der Waals surface area contributed by atoms with E-state index in [0.717, 1.165) is 43.4 Å². The Kier molecular flexibility index (Phi) is 14.3. The van der Waals surface area contributed by atoms with Crippen molar-refractivity contribution in [3.05, 3.63) is 35.9 Å². The minimum absolute atomic E-state index is 0.00867. The SMILES string of the molecule is CCCCC/C=C\C/C=C/CCCCCCCC=NS(=O)(=O)c1cc2c(s1)S(=O)(=O)[C@@H](C)C[C@@H]2NCC. The lowest BCUT2D eigenvalue weighted by molar-refractivity contribution is 0.477. The van der Waals surface area contributed by atoms with Gasteiger partial charge in [-0.3, -0.25) is 0 Å². The third kappa shape index (κ3) is 10.4. The van der Waals surface area contributed by atoms with Crippen LogP contribution in [0.3, 0.4) is 0 Å². The van der Waals surface area contributed by atoms with E-state index in [9.17, 15) is 16.8 Å². The summed E-state index contributed by atoms with van der Waals surface area (Å²) in [5, 5.41) is 2.74. The molecular weight excluding hydrogens is 525 g/mol. The highest BCUT2D eigenvalue weighted by Gasteiger charge is 2.39. The van der Waals surface area contributed by atoms with Gasteiger partial charge in [0.2, 0.25) is 0 Å². The summed E-state index contributed by atoms with van der Waals surface area (Å²) >= 11 is 0.833. The summed E-state index contributed by atoms with van der Waals surface area (Å²) in [6.07, 6.45) is 24.2. The van der Waals surface area contributed by atoms with Gasteiger partial charge >= 0.3 is 0 Å². The number of thiophene rings is 1. The number of hydrogen-bond donors (Lipinski definition) is 1. The van der Waals surface area contributed by atoms with Gasteiger partial charge in [-0.05, 0) is 70.9 Å². The highest BCUT2D eigenvalue weighted by Crippen LogP contribution is 2.43. The summed E-state index contributed by atoms with van der Waals surface area (Å²) in [7, 11) is -7.41. The molecule has 2 rings (SSSR count). The maximum absolute atomic E-state index is 12.8. The number of sulfone groups is 1. The lowest BCUT2D eigenvalue weighted by atomic mass is 10.1. The van der Waals surface area contributed by atoms with E-state index in [1.54, 1.807) is 6.92 Å². The van der Waals surface area contributed by atoms with E-state index >= 15 is 0 Å². The normalized spacial score (nSPS) is 19.9. The predicted molar refractivity (Wildman–Crippen MR) is 157 cm³/mol. The Balaban J connectivity index is 1.69. The van der Waals surface area contributed by atoms with Crippen LogP contribution >= 0.6 is 11.3 Å². The zero-order chi connectivity index (χ0) is 27.2. The molecule has 0 unspecified atom stereocenters. The van der Waals surface area contributed by atoms with Crippen molar-refractivity contribution in [1.82, 2.24) is 5.32 Å². The van der Waals surface area contributed by atoms with Crippen molar-refractivity contribution in [2.24, 2.45) is 4.40 Å². The topological polar surface area (TPSA) is 92.7 Å². The van der Waals surface area contributed by atoms with Crippen molar-refractivity contribution in [3.8, 4) is 0 Å². The first kappa shape index (κ1) is 31.9. The van der Waals surface area contributed by atoms with Crippen molar-refractivity contribution in [2.45, 2.75) is 124 Å². The van der Waals surface area contributed by atoms with Crippen molar-refractivity contribution >= 4 is 37.4 Å². The molecule has 9 heteroatoms. The van der Waals surface area contributed by atoms with E-state index in [-0.39, 0.29) is 14.5 Å². The molecule has 1 aliphatic rings. The Hall–Kier alpha value is -1.29. The van der Waals surface area contributed by atoms with E-state index in [2.05, 4.69) is 40.9 Å². The van der Waals surface area contributed by atoms with E-state index in [0.29, 0.717) is 24.9 Å². The highest BCUT2D eigenvalue weighted by molar-refractivity contribution is 7.96. The summed E-state index contributed by atoms with van der Waals surface area (Å²) in [4.78, 5) is 0.